The molecule has 102 valence electrons. The minimum absolute atomic E-state index is 0.0285. The fourth-order valence-electron chi connectivity index (χ4n) is 2.18. The molecule has 2 rings (SSSR count). The van der Waals surface area contributed by atoms with Crippen molar-refractivity contribution >= 4 is 29.4 Å². The van der Waals surface area contributed by atoms with Gasteiger partial charge in [0.15, 0.2) is 10.9 Å². The molecule has 0 aromatic carbocycles. The molecule has 0 aliphatic heterocycles. The standard InChI is InChI=1S/C14H19N3OS/c1-10(18)7-8-11-9-15-14(19-2)17-13(11)16-12-5-3-4-6-12/h7-9,12H,3-6H2,1-2H3,(H,15,16,17)/b8-7+. The number of ketones is 1. The van der Waals surface area contributed by atoms with Gasteiger partial charge in [-0.05, 0) is 38.2 Å². The predicted octanol–water partition coefficient (Wildman–Crippen LogP) is 3.16. The Labute approximate surface area is 118 Å². The average molecular weight is 277 g/mol. The summed E-state index contributed by atoms with van der Waals surface area (Å²) in [6, 6.07) is 0.495. The van der Waals surface area contributed by atoms with Crippen LogP contribution in [0.3, 0.4) is 0 Å². The van der Waals surface area contributed by atoms with Crippen molar-refractivity contribution in [3.8, 4) is 0 Å². The molecular formula is C14H19N3OS. The molecule has 0 saturated heterocycles. The number of rotatable bonds is 5. The van der Waals surface area contributed by atoms with Crippen molar-refractivity contribution in [2.45, 2.75) is 43.8 Å². The summed E-state index contributed by atoms with van der Waals surface area (Å²) in [6.45, 7) is 1.54. The van der Waals surface area contributed by atoms with E-state index in [1.807, 2.05) is 6.26 Å². The SMILES string of the molecule is CSc1ncc(/C=C/C(C)=O)c(NC2CCCC2)n1. The number of anilines is 1. The van der Waals surface area contributed by atoms with Gasteiger partial charge in [0.2, 0.25) is 0 Å². The van der Waals surface area contributed by atoms with E-state index in [0.717, 1.165) is 16.5 Å². The van der Waals surface area contributed by atoms with E-state index >= 15 is 0 Å². The number of allylic oxidation sites excluding steroid dienone is 1. The number of hydrogen-bond acceptors (Lipinski definition) is 5. The minimum atomic E-state index is 0.0285. The normalized spacial score (nSPS) is 16.1. The van der Waals surface area contributed by atoms with E-state index in [-0.39, 0.29) is 5.78 Å². The Bertz CT molecular complexity index is 482. The molecule has 0 unspecified atom stereocenters. The van der Waals surface area contributed by atoms with E-state index in [1.165, 1.54) is 44.4 Å². The zero-order valence-corrected chi connectivity index (χ0v) is 12.2. The van der Waals surface area contributed by atoms with E-state index in [1.54, 1.807) is 18.3 Å². The maximum atomic E-state index is 11.0. The molecule has 1 N–H and O–H groups in total. The van der Waals surface area contributed by atoms with Gasteiger partial charge in [-0.2, -0.15) is 0 Å². The highest BCUT2D eigenvalue weighted by Gasteiger charge is 2.16. The Morgan fingerprint density at radius 2 is 2.21 bits per heavy atom. The Morgan fingerprint density at radius 1 is 1.47 bits per heavy atom. The third kappa shape index (κ3) is 4.06. The highest BCUT2D eigenvalue weighted by molar-refractivity contribution is 7.98. The van der Waals surface area contributed by atoms with Crippen LogP contribution in [-0.2, 0) is 4.79 Å². The number of aromatic nitrogens is 2. The first kappa shape index (κ1) is 14.1. The van der Waals surface area contributed by atoms with Gasteiger partial charge in [0.05, 0.1) is 0 Å². The molecule has 1 fully saturated rings. The first-order chi connectivity index (χ1) is 9.19. The molecular weight excluding hydrogens is 258 g/mol. The Morgan fingerprint density at radius 3 is 2.84 bits per heavy atom. The van der Waals surface area contributed by atoms with Gasteiger partial charge >= 0.3 is 0 Å². The Balaban J connectivity index is 2.22. The van der Waals surface area contributed by atoms with E-state index in [0.29, 0.717) is 6.04 Å². The van der Waals surface area contributed by atoms with Crippen LogP contribution >= 0.6 is 11.8 Å². The van der Waals surface area contributed by atoms with Crippen molar-refractivity contribution < 1.29 is 4.79 Å². The summed E-state index contributed by atoms with van der Waals surface area (Å²) >= 11 is 1.52. The summed E-state index contributed by atoms with van der Waals surface area (Å²) in [6.07, 6.45) is 12.0. The highest BCUT2D eigenvalue weighted by atomic mass is 32.2. The van der Waals surface area contributed by atoms with E-state index in [2.05, 4.69) is 15.3 Å². The number of carbonyl (C=O) groups is 1. The van der Waals surface area contributed by atoms with Crippen LogP contribution in [0.25, 0.3) is 6.08 Å². The monoisotopic (exact) mass is 277 g/mol. The number of nitrogens with one attached hydrogen (secondary N) is 1. The molecule has 5 heteroatoms. The zero-order chi connectivity index (χ0) is 13.7. The molecule has 0 radical (unpaired) electrons. The molecule has 19 heavy (non-hydrogen) atoms. The summed E-state index contributed by atoms with van der Waals surface area (Å²) in [7, 11) is 0. The van der Waals surface area contributed by atoms with Gasteiger partial charge in [-0.15, -0.1) is 0 Å². The van der Waals surface area contributed by atoms with Crippen molar-refractivity contribution in [1.29, 1.82) is 0 Å². The van der Waals surface area contributed by atoms with Gasteiger partial charge in [0.1, 0.15) is 5.82 Å². The van der Waals surface area contributed by atoms with Gasteiger partial charge in [0.25, 0.3) is 0 Å². The maximum Gasteiger partial charge on any atom is 0.189 e. The summed E-state index contributed by atoms with van der Waals surface area (Å²) < 4.78 is 0. The van der Waals surface area contributed by atoms with Crippen LogP contribution in [-0.4, -0.2) is 28.0 Å². The van der Waals surface area contributed by atoms with Crippen LogP contribution in [0.1, 0.15) is 38.2 Å². The van der Waals surface area contributed by atoms with Crippen LogP contribution < -0.4 is 5.32 Å². The molecule has 1 aromatic rings. The molecule has 1 heterocycles. The second-order valence-corrected chi connectivity index (χ2v) is 5.50. The van der Waals surface area contributed by atoms with Gasteiger partial charge < -0.3 is 5.32 Å². The molecule has 0 amide bonds. The lowest BCUT2D eigenvalue weighted by Gasteiger charge is -2.15. The molecule has 1 aromatic heterocycles. The molecule has 1 aliphatic rings. The topological polar surface area (TPSA) is 54.9 Å². The van der Waals surface area contributed by atoms with Crippen LogP contribution in [0.4, 0.5) is 5.82 Å². The lowest BCUT2D eigenvalue weighted by Crippen LogP contribution is -2.16. The third-order valence-corrected chi connectivity index (χ3v) is 3.73. The Kier molecular flexibility index (Phi) is 4.96. The summed E-state index contributed by atoms with van der Waals surface area (Å²) in [4.78, 5) is 19.8. The summed E-state index contributed by atoms with van der Waals surface area (Å²) in [5.74, 6) is 0.865. The lowest BCUT2D eigenvalue weighted by molar-refractivity contribution is -0.112. The smallest absolute Gasteiger partial charge is 0.189 e. The first-order valence-corrected chi connectivity index (χ1v) is 7.77. The number of nitrogens with zero attached hydrogens (tertiary/aromatic N) is 2. The molecule has 4 nitrogen and oxygen atoms in total. The van der Waals surface area contributed by atoms with E-state index < -0.39 is 0 Å². The van der Waals surface area contributed by atoms with Crippen LogP contribution in [0, 0.1) is 0 Å². The van der Waals surface area contributed by atoms with Gasteiger partial charge in [-0.25, -0.2) is 9.97 Å². The molecule has 0 spiro atoms. The minimum Gasteiger partial charge on any atom is -0.367 e. The largest absolute Gasteiger partial charge is 0.367 e. The first-order valence-electron chi connectivity index (χ1n) is 6.55. The predicted molar refractivity (Wildman–Crippen MR) is 79.4 cm³/mol. The fourth-order valence-corrected chi connectivity index (χ4v) is 2.52. The second kappa shape index (κ2) is 6.70. The molecule has 0 bridgehead atoms. The average Bonchev–Trinajstić information content (AvgIpc) is 2.90. The van der Waals surface area contributed by atoms with Crippen molar-refractivity contribution in [3.63, 3.8) is 0 Å². The van der Waals surface area contributed by atoms with Gasteiger partial charge in [0, 0.05) is 17.8 Å². The van der Waals surface area contributed by atoms with E-state index in [4.69, 9.17) is 0 Å². The number of carbonyl (C=O) groups excluding carboxylic acids is 1. The summed E-state index contributed by atoms with van der Waals surface area (Å²) in [5.41, 5.74) is 0.875. The highest BCUT2D eigenvalue weighted by Crippen LogP contribution is 2.24. The summed E-state index contributed by atoms with van der Waals surface area (Å²) in [5, 5.41) is 4.23. The van der Waals surface area contributed by atoms with Crippen LogP contribution in [0.2, 0.25) is 0 Å². The maximum absolute atomic E-state index is 11.0. The van der Waals surface area contributed by atoms with Crippen molar-refractivity contribution in [3.05, 3.63) is 17.8 Å². The zero-order valence-electron chi connectivity index (χ0n) is 11.3. The fraction of sp³-hybridized carbons (Fsp3) is 0.500. The van der Waals surface area contributed by atoms with E-state index in [9.17, 15) is 4.79 Å². The van der Waals surface area contributed by atoms with Crippen molar-refractivity contribution in [2.75, 3.05) is 11.6 Å². The Hall–Kier alpha value is -1.36. The second-order valence-electron chi connectivity index (χ2n) is 4.73. The quantitative estimate of drug-likeness (QED) is 0.509. The van der Waals surface area contributed by atoms with Gasteiger partial charge in [-0.3, -0.25) is 4.79 Å². The molecule has 1 aliphatic carbocycles. The van der Waals surface area contributed by atoms with Gasteiger partial charge in [-0.1, -0.05) is 24.6 Å². The van der Waals surface area contributed by atoms with Crippen molar-refractivity contribution in [2.24, 2.45) is 0 Å². The van der Waals surface area contributed by atoms with Crippen LogP contribution in [0.15, 0.2) is 17.4 Å². The van der Waals surface area contributed by atoms with Crippen LogP contribution in [0.5, 0.6) is 0 Å². The molecule has 0 atom stereocenters. The molecule has 1 saturated carbocycles. The third-order valence-electron chi connectivity index (χ3n) is 3.17. The lowest BCUT2D eigenvalue weighted by atomic mass is 10.2. The van der Waals surface area contributed by atoms with Crippen molar-refractivity contribution in [1.82, 2.24) is 9.97 Å². The number of hydrogen-bond donors (Lipinski definition) is 1. The number of thioether (sulfide) groups is 1.